The minimum absolute atomic E-state index is 0.0868. The molecule has 0 aromatic heterocycles. The summed E-state index contributed by atoms with van der Waals surface area (Å²) in [4.78, 5) is 26.8. The van der Waals surface area contributed by atoms with Crippen molar-refractivity contribution in [2.45, 2.75) is 19.8 Å². The fraction of sp³-hybridized carbons (Fsp3) is 0.214. The summed E-state index contributed by atoms with van der Waals surface area (Å²) in [5, 5.41) is 14.1. The van der Waals surface area contributed by atoms with Gasteiger partial charge in [-0.3, -0.25) is 20.0 Å². The SMILES string of the molecule is Cc1cccc(N=CCC(=O)C(=N)C(=O)CC=N)c1. The van der Waals surface area contributed by atoms with E-state index in [4.69, 9.17) is 10.8 Å². The summed E-state index contributed by atoms with van der Waals surface area (Å²) in [6.07, 6.45) is 1.98. The van der Waals surface area contributed by atoms with Crippen LogP contribution in [0, 0.1) is 17.7 Å². The molecule has 0 heterocycles. The molecule has 98 valence electrons. The van der Waals surface area contributed by atoms with Crippen LogP contribution in [-0.4, -0.2) is 29.7 Å². The number of Topliss-reactive ketones (excluding diaryl/α,β-unsaturated/α-hetero) is 2. The third-order valence-electron chi connectivity index (χ3n) is 2.36. The molecule has 2 N–H and O–H groups in total. The lowest BCUT2D eigenvalue weighted by atomic mass is 10.1. The molecule has 0 spiro atoms. The molecule has 1 aromatic rings. The minimum atomic E-state index is -0.635. The lowest BCUT2D eigenvalue weighted by Gasteiger charge is -1.97. The van der Waals surface area contributed by atoms with Gasteiger partial charge in [-0.05, 0) is 24.6 Å². The smallest absolute Gasteiger partial charge is 0.189 e. The number of carbonyl (C=O) groups excluding carboxylic acids is 2. The summed E-state index contributed by atoms with van der Waals surface area (Å²) in [7, 11) is 0. The van der Waals surface area contributed by atoms with E-state index in [1.54, 1.807) is 6.07 Å². The molecule has 5 heteroatoms. The van der Waals surface area contributed by atoms with E-state index in [1.807, 2.05) is 25.1 Å². The average Bonchev–Trinajstić information content (AvgIpc) is 2.38. The van der Waals surface area contributed by atoms with E-state index in [-0.39, 0.29) is 12.8 Å². The second kappa shape index (κ2) is 7.10. The molecule has 0 aliphatic heterocycles. The summed E-state index contributed by atoms with van der Waals surface area (Å²) >= 11 is 0. The lowest BCUT2D eigenvalue weighted by molar-refractivity contribution is -0.115. The first-order valence-corrected chi connectivity index (χ1v) is 5.77. The van der Waals surface area contributed by atoms with Crippen LogP contribution in [0.2, 0.25) is 0 Å². The molecule has 19 heavy (non-hydrogen) atoms. The molecule has 1 aromatic carbocycles. The van der Waals surface area contributed by atoms with Crippen LogP contribution < -0.4 is 0 Å². The second-order valence-electron chi connectivity index (χ2n) is 3.98. The van der Waals surface area contributed by atoms with Gasteiger partial charge in [0.2, 0.25) is 0 Å². The molecule has 0 saturated heterocycles. The summed E-state index contributed by atoms with van der Waals surface area (Å²) in [6, 6.07) is 7.47. The van der Waals surface area contributed by atoms with E-state index in [1.165, 1.54) is 6.21 Å². The molecule has 0 saturated carbocycles. The predicted octanol–water partition coefficient (Wildman–Crippen LogP) is 2.29. The summed E-state index contributed by atoms with van der Waals surface area (Å²) in [5.41, 5.74) is 1.22. The van der Waals surface area contributed by atoms with Crippen LogP contribution in [0.1, 0.15) is 18.4 Å². The summed E-state index contributed by atoms with van der Waals surface area (Å²) in [5.74, 6) is -1.22. The number of rotatable bonds is 7. The Balaban J connectivity index is 2.57. The van der Waals surface area contributed by atoms with Crippen molar-refractivity contribution in [3.8, 4) is 0 Å². The number of nitrogens with one attached hydrogen (secondary N) is 2. The van der Waals surface area contributed by atoms with Crippen LogP contribution in [0.15, 0.2) is 29.3 Å². The summed E-state index contributed by atoms with van der Waals surface area (Å²) < 4.78 is 0. The van der Waals surface area contributed by atoms with Gasteiger partial charge < -0.3 is 5.41 Å². The fourth-order valence-corrected chi connectivity index (χ4v) is 1.39. The Morgan fingerprint density at radius 3 is 2.58 bits per heavy atom. The van der Waals surface area contributed by atoms with E-state index in [2.05, 4.69) is 4.99 Å². The van der Waals surface area contributed by atoms with Crippen molar-refractivity contribution in [3.63, 3.8) is 0 Å². The topological polar surface area (TPSA) is 94.2 Å². The van der Waals surface area contributed by atoms with Gasteiger partial charge in [0.1, 0.15) is 5.71 Å². The molecule has 0 aliphatic rings. The number of ketones is 2. The highest BCUT2D eigenvalue weighted by Crippen LogP contribution is 2.12. The van der Waals surface area contributed by atoms with Gasteiger partial charge in [-0.1, -0.05) is 12.1 Å². The van der Waals surface area contributed by atoms with Gasteiger partial charge in [-0.25, -0.2) is 0 Å². The molecule has 0 fully saturated rings. The van der Waals surface area contributed by atoms with Crippen molar-refractivity contribution in [2.24, 2.45) is 4.99 Å². The van der Waals surface area contributed by atoms with Gasteiger partial charge in [0, 0.05) is 25.3 Å². The first kappa shape index (κ1) is 14.6. The zero-order valence-corrected chi connectivity index (χ0v) is 10.6. The predicted molar refractivity (Wildman–Crippen MR) is 75.1 cm³/mol. The number of nitrogens with zero attached hydrogens (tertiary/aromatic N) is 1. The van der Waals surface area contributed by atoms with E-state index in [9.17, 15) is 9.59 Å². The molecule has 0 amide bonds. The first-order chi connectivity index (χ1) is 9.04. The number of carbonyl (C=O) groups is 2. The number of hydrogen-bond donors (Lipinski definition) is 2. The second-order valence-corrected chi connectivity index (χ2v) is 3.98. The minimum Gasteiger partial charge on any atom is -0.313 e. The highest BCUT2D eigenvalue weighted by molar-refractivity contribution is 6.66. The van der Waals surface area contributed by atoms with E-state index in [0.717, 1.165) is 17.5 Å². The average molecular weight is 257 g/mol. The zero-order valence-electron chi connectivity index (χ0n) is 10.6. The Labute approximate surface area is 111 Å². The lowest BCUT2D eigenvalue weighted by Crippen LogP contribution is -2.23. The fourth-order valence-electron chi connectivity index (χ4n) is 1.39. The van der Waals surface area contributed by atoms with Crippen LogP contribution in [0.3, 0.4) is 0 Å². The van der Waals surface area contributed by atoms with Crippen LogP contribution in [0.4, 0.5) is 5.69 Å². The van der Waals surface area contributed by atoms with Gasteiger partial charge in [0.25, 0.3) is 0 Å². The van der Waals surface area contributed by atoms with Crippen molar-refractivity contribution in [3.05, 3.63) is 29.8 Å². The normalized spacial score (nSPS) is 10.4. The van der Waals surface area contributed by atoms with Crippen LogP contribution in [0.25, 0.3) is 0 Å². The highest BCUT2D eigenvalue weighted by Gasteiger charge is 2.15. The van der Waals surface area contributed by atoms with E-state index < -0.39 is 17.3 Å². The molecular weight excluding hydrogens is 242 g/mol. The van der Waals surface area contributed by atoms with Crippen molar-refractivity contribution in [2.75, 3.05) is 0 Å². The molecule has 1 rings (SSSR count). The molecule has 0 radical (unpaired) electrons. The van der Waals surface area contributed by atoms with E-state index in [0.29, 0.717) is 0 Å². The monoisotopic (exact) mass is 257 g/mol. The van der Waals surface area contributed by atoms with Gasteiger partial charge in [-0.15, -0.1) is 0 Å². The maximum atomic E-state index is 11.5. The third-order valence-corrected chi connectivity index (χ3v) is 2.36. The van der Waals surface area contributed by atoms with Gasteiger partial charge in [-0.2, -0.15) is 0 Å². The third kappa shape index (κ3) is 4.75. The van der Waals surface area contributed by atoms with Crippen LogP contribution in [0.5, 0.6) is 0 Å². The van der Waals surface area contributed by atoms with Crippen LogP contribution in [-0.2, 0) is 9.59 Å². The zero-order chi connectivity index (χ0) is 14.3. The van der Waals surface area contributed by atoms with Crippen molar-refractivity contribution in [1.82, 2.24) is 0 Å². The molecular formula is C14H15N3O2. The van der Waals surface area contributed by atoms with Crippen molar-refractivity contribution >= 4 is 35.4 Å². The molecule has 0 bridgehead atoms. The van der Waals surface area contributed by atoms with E-state index >= 15 is 0 Å². The molecule has 0 aliphatic carbocycles. The Morgan fingerprint density at radius 2 is 1.95 bits per heavy atom. The number of aliphatic imine (C=N–C) groups is 1. The summed E-state index contributed by atoms with van der Waals surface area (Å²) in [6.45, 7) is 1.94. The Hall–Kier alpha value is -2.43. The van der Waals surface area contributed by atoms with Crippen molar-refractivity contribution < 1.29 is 9.59 Å². The number of hydrogen-bond acceptors (Lipinski definition) is 5. The van der Waals surface area contributed by atoms with Crippen LogP contribution >= 0.6 is 0 Å². The largest absolute Gasteiger partial charge is 0.313 e. The standard InChI is InChI=1S/C14H15N3O2/c1-10-3-2-4-11(9-10)17-8-6-13(19)14(16)12(18)5-7-15/h2-4,7-9,15-16H,5-6H2,1H3. The Kier molecular flexibility index (Phi) is 5.47. The molecule has 0 atom stereocenters. The van der Waals surface area contributed by atoms with Gasteiger partial charge in [0.15, 0.2) is 11.6 Å². The number of aryl methyl sites for hydroxylation is 1. The quantitative estimate of drug-likeness (QED) is 0.579. The molecule has 5 nitrogen and oxygen atoms in total. The highest BCUT2D eigenvalue weighted by atomic mass is 16.1. The van der Waals surface area contributed by atoms with Crippen molar-refractivity contribution in [1.29, 1.82) is 10.8 Å². The maximum Gasteiger partial charge on any atom is 0.189 e. The van der Waals surface area contributed by atoms with Gasteiger partial charge >= 0.3 is 0 Å². The number of benzene rings is 1. The Bertz CT molecular complexity index is 547. The maximum absolute atomic E-state index is 11.5. The van der Waals surface area contributed by atoms with Gasteiger partial charge in [0.05, 0.1) is 5.69 Å². The first-order valence-electron chi connectivity index (χ1n) is 5.77. The Morgan fingerprint density at radius 1 is 1.26 bits per heavy atom. The molecule has 0 unspecified atom stereocenters.